The maximum atomic E-state index is 13.2. The van der Waals surface area contributed by atoms with Gasteiger partial charge in [-0.2, -0.15) is 0 Å². The number of hydrogen-bond donors (Lipinski definition) is 2. The molecule has 3 aromatic rings. The Hall–Kier alpha value is -3.41. The Morgan fingerprint density at radius 1 is 0.929 bits per heavy atom. The predicted molar refractivity (Wildman–Crippen MR) is 108 cm³/mol. The minimum absolute atomic E-state index is 0.205. The van der Waals surface area contributed by atoms with Crippen LogP contribution in [0.15, 0.2) is 48.5 Å². The molecule has 0 unspecified atom stereocenters. The summed E-state index contributed by atoms with van der Waals surface area (Å²) in [6.45, 7) is 5.53. The Balaban J connectivity index is 1.94. The normalized spacial score (nSPS) is 10.6. The van der Waals surface area contributed by atoms with Crippen molar-refractivity contribution in [3.63, 3.8) is 0 Å². The minimum atomic E-state index is -0.310. The van der Waals surface area contributed by atoms with E-state index in [2.05, 4.69) is 10.6 Å². The van der Waals surface area contributed by atoms with E-state index in [9.17, 15) is 14.0 Å². The summed E-state index contributed by atoms with van der Waals surface area (Å²) in [6, 6.07) is 13.1. The number of anilines is 1. The first-order chi connectivity index (χ1) is 13.3. The van der Waals surface area contributed by atoms with Gasteiger partial charge >= 0.3 is 0 Å². The molecule has 0 aliphatic rings. The van der Waals surface area contributed by atoms with Crippen molar-refractivity contribution in [1.29, 1.82) is 0 Å². The van der Waals surface area contributed by atoms with Crippen LogP contribution in [-0.2, 0) is 0 Å². The molecule has 3 rings (SSSR count). The van der Waals surface area contributed by atoms with Crippen LogP contribution in [0.1, 0.15) is 37.7 Å². The van der Waals surface area contributed by atoms with Crippen LogP contribution >= 0.6 is 0 Å². The summed E-state index contributed by atoms with van der Waals surface area (Å²) in [5.74, 6) is -0.780. The summed E-state index contributed by atoms with van der Waals surface area (Å²) >= 11 is 0. The van der Waals surface area contributed by atoms with Crippen LogP contribution < -0.4 is 10.6 Å². The number of benzene rings is 2. The molecular formula is C22H22FN3O2. The summed E-state index contributed by atoms with van der Waals surface area (Å²) < 4.78 is 15.1. The van der Waals surface area contributed by atoms with Crippen LogP contribution in [0.25, 0.3) is 5.69 Å². The number of aromatic nitrogens is 1. The average Bonchev–Trinajstić information content (AvgIpc) is 2.98. The number of halogens is 1. The highest BCUT2D eigenvalue weighted by atomic mass is 19.1. The number of amides is 2. The topological polar surface area (TPSA) is 63.1 Å². The Kier molecular flexibility index (Phi) is 5.31. The number of carbonyl (C=O) groups is 2. The van der Waals surface area contributed by atoms with Gasteiger partial charge in [-0.1, -0.05) is 6.07 Å². The molecule has 1 heterocycles. The summed E-state index contributed by atoms with van der Waals surface area (Å²) in [7, 11) is 1.57. The van der Waals surface area contributed by atoms with Crippen molar-refractivity contribution in [3.05, 3.63) is 82.4 Å². The standard InChI is InChI=1S/C22H22FN3O2/c1-13-12-19(15(3)26(13)17-10-8-16(23)9-11-17)22(28)25-20-7-5-6-18(14(20)2)21(27)24-4/h5-12H,1-4H3,(H,24,27)(H,25,28). The minimum Gasteiger partial charge on any atom is -0.355 e. The maximum Gasteiger partial charge on any atom is 0.257 e. The van der Waals surface area contributed by atoms with Gasteiger partial charge < -0.3 is 15.2 Å². The lowest BCUT2D eigenvalue weighted by molar-refractivity contribution is 0.0960. The second-order valence-corrected chi connectivity index (χ2v) is 6.61. The zero-order valence-electron chi connectivity index (χ0n) is 16.3. The SMILES string of the molecule is CNC(=O)c1cccc(NC(=O)c2cc(C)n(-c3ccc(F)cc3)c2C)c1C. The smallest absolute Gasteiger partial charge is 0.257 e. The van der Waals surface area contributed by atoms with Crippen LogP contribution in [0, 0.1) is 26.6 Å². The molecule has 2 amide bonds. The van der Waals surface area contributed by atoms with Crippen molar-refractivity contribution < 1.29 is 14.0 Å². The van der Waals surface area contributed by atoms with Crippen molar-refractivity contribution in [2.45, 2.75) is 20.8 Å². The second kappa shape index (κ2) is 7.68. The van der Waals surface area contributed by atoms with Gasteiger partial charge in [-0.3, -0.25) is 9.59 Å². The molecule has 144 valence electrons. The predicted octanol–water partition coefficient (Wildman–Crippen LogP) is 4.15. The summed E-state index contributed by atoms with van der Waals surface area (Å²) in [4.78, 5) is 24.9. The van der Waals surface area contributed by atoms with Crippen LogP contribution in [0.5, 0.6) is 0 Å². The van der Waals surface area contributed by atoms with E-state index in [-0.39, 0.29) is 17.6 Å². The molecule has 0 aliphatic heterocycles. The highest BCUT2D eigenvalue weighted by molar-refractivity contribution is 6.07. The molecule has 0 saturated carbocycles. The second-order valence-electron chi connectivity index (χ2n) is 6.61. The number of hydrogen-bond acceptors (Lipinski definition) is 2. The van der Waals surface area contributed by atoms with Gasteiger partial charge in [-0.25, -0.2) is 4.39 Å². The third-order valence-electron chi connectivity index (χ3n) is 4.81. The Morgan fingerprint density at radius 2 is 1.61 bits per heavy atom. The van der Waals surface area contributed by atoms with Crippen molar-refractivity contribution in [2.75, 3.05) is 12.4 Å². The third-order valence-corrected chi connectivity index (χ3v) is 4.81. The molecule has 1 aromatic heterocycles. The van der Waals surface area contributed by atoms with Gasteiger partial charge in [-0.05, 0) is 68.8 Å². The average molecular weight is 379 g/mol. The van der Waals surface area contributed by atoms with Crippen LogP contribution in [0.4, 0.5) is 10.1 Å². The molecule has 6 heteroatoms. The Labute approximate surface area is 163 Å². The largest absolute Gasteiger partial charge is 0.355 e. The van der Waals surface area contributed by atoms with E-state index in [0.717, 1.165) is 17.1 Å². The number of aryl methyl sites for hydroxylation is 1. The Morgan fingerprint density at radius 3 is 2.25 bits per heavy atom. The van der Waals surface area contributed by atoms with E-state index in [1.165, 1.54) is 12.1 Å². The molecule has 0 radical (unpaired) electrons. The summed E-state index contributed by atoms with van der Waals surface area (Å²) in [5.41, 5.74) is 4.71. The van der Waals surface area contributed by atoms with Gasteiger partial charge in [0.25, 0.3) is 11.8 Å². The van der Waals surface area contributed by atoms with Crippen molar-refractivity contribution in [2.24, 2.45) is 0 Å². The lowest BCUT2D eigenvalue weighted by atomic mass is 10.1. The van der Waals surface area contributed by atoms with E-state index < -0.39 is 0 Å². The van der Waals surface area contributed by atoms with Crippen LogP contribution in [0.3, 0.4) is 0 Å². The molecule has 5 nitrogen and oxygen atoms in total. The van der Waals surface area contributed by atoms with Crippen molar-refractivity contribution >= 4 is 17.5 Å². The Bertz CT molecular complexity index is 1050. The van der Waals surface area contributed by atoms with Gasteiger partial charge in [0, 0.05) is 35.4 Å². The maximum absolute atomic E-state index is 13.2. The highest BCUT2D eigenvalue weighted by Crippen LogP contribution is 2.24. The number of nitrogens with zero attached hydrogens (tertiary/aromatic N) is 1. The van der Waals surface area contributed by atoms with Crippen LogP contribution in [-0.4, -0.2) is 23.4 Å². The monoisotopic (exact) mass is 379 g/mol. The lowest BCUT2D eigenvalue weighted by Crippen LogP contribution is -2.20. The van der Waals surface area contributed by atoms with E-state index in [1.807, 2.05) is 18.4 Å². The zero-order chi connectivity index (χ0) is 20.4. The van der Waals surface area contributed by atoms with Gasteiger partial charge in [0.05, 0.1) is 5.56 Å². The molecule has 2 aromatic carbocycles. The first-order valence-corrected chi connectivity index (χ1v) is 8.91. The van der Waals surface area contributed by atoms with E-state index in [4.69, 9.17) is 0 Å². The molecule has 0 atom stereocenters. The van der Waals surface area contributed by atoms with Gasteiger partial charge in [0.1, 0.15) is 5.82 Å². The van der Waals surface area contributed by atoms with E-state index in [1.54, 1.807) is 50.4 Å². The molecule has 28 heavy (non-hydrogen) atoms. The summed E-state index contributed by atoms with van der Waals surface area (Å²) in [5, 5.41) is 5.49. The summed E-state index contributed by atoms with van der Waals surface area (Å²) in [6.07, 6.45) is 0. The van der Waals surface area contributed by atoms with Crippen LogP contribution in [0.2, 0.25) is 0 Å². The van der Waals surface area contributed by atoms with Gasteiger partial charge in [0.15, 0.2) is 0 Å². The molecule has 0 spiro atoms. The van der Waals surface area contributed by atoms with Crippen molar-refractivity contribution in [1.82, 2.24) is 9.88 Å². The molecule has 0 aliphatic carbocycles. The fourth-order valence-corrected chi connectivity index (χ4v) is 3.32. The highest BCUT2D eigenvalue weighted by Gasteiger charge is 2.18. The fraction of sp³-hybridized carbons (Fsp3) is 0.182. The number of carbonyl (C=O) groups excluding carboxylic acids is 2. The van der Waals surface area contributed by atoms with E-state index >= 15 is 0 Å². The quantitative estimate of drug-likeness (QED) is 0.715. The lowest BCUT2D eigenvalue weighted by Gasteiger charge is -2.12. The zero-order valence-corrected chi connectivity index (χ0v) is 16.3. The first-order valence-electron chi connectivity index (χ1n) is 8.91. The molecule has 0 fully saturated rings. The van der Waals surface area contributed by atoms with Gasteiger partial charge in [-0.15, -0.1) is 0 Å². The number of rotatable bonds is 4. The third kappa shape index (κ3) is 3.53. The van der Waals surface area contributed by atoms with E-state index in [0.29, 0.717) is 22.4 Å². The van der Waals surface area contributed by atoms with Gasteiger partial charge in [0.2, 0.25) is 0 Å². The molecule has 0 saturated heterocycles. The molecular weight excluding hydrogens is 357 g/mol. The molecule has 2 N–H and O–H groups in total. The first kappa shape index (κ1) is 19.4. The van der Waals surface area contributed by atoms with Crippen molar-refractivity contribution in [3.8, 4) is 5.69 Å². The number of nitrogens with one attached hydrogen (secondary N) is 2. The molecule has 0 bridgehead atoms. The fourth-order valence-electron chi connectivity index (χ4n) is 3.32.